The van der Waals surface area contributed by atoms with Gasteiger partial charge < -0.3 is 5.11 Å². The minimum Gasteiger partial charge on any atom is -0.377 e. The van der Waals surface area contributed by atoms with Gasteiger partial charge in [-0.3, -0.25) is 19.2 Å². The Labute approximate surface area is 55.6 Å². The first-order valence-electron chi connectivity index (χ1n) is 2.30. The molecule has 0 bridgehead atoms. The van der Waals surface area contributed by atoms with Crippen molar-refractivity contribution in [3.63, 3.8) is 0 Å². The van der Waals surface area contributed by atoms with Crippen molar-refractivity contribution in [1.82, 2.24) is 0 Å². The molecule has 5 heteroatoms. The zero-order valence-electron chi connectivity index (χ0n) is 4.81. The highest BCUT2D eigenvalue weighted by molar-refractivity contribution is 6.59. The number of rotatable bonds is 4. The molecule has 5 nitrogen and oxygen atoms in total. The Morgan fingerprint density at radius 3 is 2.10 bits per heavy atom. The molecule has 0 aliphatic carbocycles. The van der Waals surface area contributed by atoms with Gasteiger partial charge in [-0.15, -0.1) is 0 Å². The maximum atomic E-state index is 10.2. The minimum absolute atomic E-state index is 0.121. The van der Waals surface area contributed by atoms with Crippen molar-refractivity contribution in [3.05, 3.63) is 0 Å². The maximum absolute atomic E-state index is 10.2. The molecule has 0 aromatic carbocycles. The van der Waals surface area contributed by atoms with Gasteiger partial charge in [0, 0.05) is 0 Å². The topological polar surface area (TPSA) is 88.5 Å². The summed E-state index contributed by atoms with van der Waals surface area (Å²) in [5.74, 6) is -2.80. The summed E-state index contributed by atoms with van der Waals surface area (Å²) in [5, 5.41) is 8.33. The van der Waals surface area contributed by atoms with E-state index in [1.807, 2.05) is 0 Å². The third kappa shape index (κ3) is 1.87. The van der Waals surface area contributed by atoms with Crippen molar-refractivity contribution in [2.24, 2.45) is 0 Å². The Hall–Kier alpha value is -1.36. The SMILES string of the molecule is O=CC(=O)C(=O)C(O)C=O. The molecule has 0 aromatic rings. The van der Waals surface area contributed by atoms with Crippen LogP contribution in [0.5, 0.6) is 0 Å². The lowest BCUT2D eigenvalue weighted by atomic mass is 10.2. The summed E-state index contributed by atoms with van der Waals surface area (Å²) in [6, 6.07) is 0. The fraction of sp³-hybridized carbons (Fsp3) is 0.200. The van der Waals surface area contributed by atoms with Gasteiger partial charge in [0.1, 0.15) is 0 Å². The quantitative estimate of drug-likeness (QED) is 0.277. The van der Waals surface area contributed by atoms with Crippen molar-refractivity contribution in [2.45, 2.75) is 6.10 Å². The molecule has 0 rings (SSSR count). The van der Waals surface area contributed by atoms with Crippen molar-refractivity contribution >= 4 is 24.1 Å². The van der Waals surface area contributed by atoms with Crippen LogP contribution in [-0.2, 0) is 19.2 Å². The van der Waals surface area contributed by atoms with Crippen LogP contribution in [0.2, 0.25) is 0 Å². The second-order valence-electron chi connectivity index (χ2n) is 1.43. The zero-order chi connectivity index (χ0) is 8.15. The lowest BCUT2D eigenvalue weighted by molar-refractivity contribution is -0.145. The predicted molar refractivity (Wildman–Crippen MR) is 28.1 cm³/mol. The van der Waals surface area contributed by atoms with E-state index in [2.05, 4.69) is 0 Å². The predicted octanol–water partition coefficient (Wildman–Crippen LogP) is -2.12. The van der Waals surface area contributed by atoms with E-state index >= 15 is 0 Å². The first-order chi connectivity index (χ1) is 4.63. The van der Waals surface area contributed by atoms with Crippen molar-refractivity contribution in [3.8, 4) is 0 Å². The minimum atomic E-state index is -2.00. The summed E-state index contributed by atoms with van der Waals surface area (Å²) in [4.78, 5) is 39.5. The molecule has 0 radical (unpaired) electrons. The highest BCUT2D eigenvalue weighted by atomic mass is 16.3. The number of Topliss-reactive ketones (excluding diaryl/α,β-unsaturated/α-hetero) is 2. The monoisotopic (exact) mass is 144 g/mol. The van der Waals surface area contributed by atoms with Crippen LogP contribution in [0.1, 0.15) is 0 Å². The molecular formula is C5H4O5. The molecule has 1 unspecified atom stereocenters. The van der Waals surface area contributed by atoms with Crippen LogP contribution < -0.4 is 0 Å². The van der Waals surface area contributed by atoms with Crippen LogP contribution in [-0.4, -0.2) is 35.3 Å². The molecule has 0 aromatic heterocycles. The molecule has 0 heterocycles. The van der Waals surface area contributed by atoms with Crippen molar-refractivity contribution < 1.29 is 24.3 Å². The number of aldehydes is 2. The molecule has 54 valence electrons. The number of carbonyl (C=O) groups is 4. The van der Waals surface area contributed by atoms with Gasteiger partial charge in [-0.2, -0.15) is 0 Å². The Bertz CT molecular complexity index is 182. The van der Waals surface area contributed by atoms with E-state index in [4.69, 9.17) is 5.11 Å². The second kappa shape index (κ2) is 3.62. The van der Waals surface area contributed by atoms with Crippen LogP contribution in [0.15, 0.2) is 0 Å². The Balaban J connectivity index is 4.21. The molecule has 0 spiro atoms. The zero-order valence-corrected chi connectivity index (χ0v) is 4.81. The molecule has 1 N–H and O–H groups in total. The summed E-state index contributed by atoms with van der Waals surface area (Å²) >= 11 is 0. The molecule has 0 amide bonds. The normalized spacial score (nSPS) is 11.7. The maximum Gasteiger partial charge on any atom is 0.264 e. The lowest BCUT2D eigenvalue weighted by Crippen LogP contribution is -2.30. The van der Waals surface area contributed by atoms with Crippen molar-refractivity contribution in [1.29, 1.82) is 0 Å². The van der Waals surface area contributed by atoms with Crippen LogP contribution in [0.25, 0.3) is 0 Å². The van der Waals surface area contributed by atoms with Crippen LogP contribution in [0.4, 0.5) is 0 Å². The fourth-order valence-electron chi connectivity index (χ4n) is 0.266. The molecule has 0 fully saturated rings. The van der Waals surface area contributed by atoms with E-state index in [0.717, 1.165) is 0 Å². The fourth-order valence-corrected chi connectivity index (χ4v) is 0.266. The second-order valence-corrected chi connectivity index (χ2v) is 1.43. The summed E-state index contributed by atoms with van der Waals surface area (Å²) in [5.41, 5.74) is 0. The number of hydrogen-bond donors (Lipinski definition) is 1. The Morgan fingerprint density at radius 2 is 1.80 bits per heavy atom. The van der Waals surface area contributed by atoms with Gasteiger partial charge in [0.15, 0.2) is 18.7 Å². The summed E-state index contributed by atoms with van der Waals surface area (Å²) < 4.78 is 0. The van der Waals surface area contributed by atoms with E-state index in [0.29, 0.717) is 0 Å². The van der Waals surface area contributed by atoms with Gasteiger partial charge in [-0.25, -0.2) is 0 Å². The first-order valence-corrected chi connectivity index (χ1v) is 2.30. The Kier molecular flexibility index (Phi) is 3.13. The Morgan fingerprint density at radius 1 is 1.30 bits per heavy atom. The van der Waals surface area contributed by atoms with Gasteiger partial charge in [0.2, 0.25) is 5.78 Å². The number of aliphatic hydroxyl groups is 1. The van der Waals surface area contributed by atoms with E-state index in [-0.39, 0.29) is 12.6 Å². The third-order valence-corrected chi connectivity index (χ3v) is 0.747. The lowest BCUT2D eigenvalue weighted by Gasteiger charge is -1.93. The third-order valence-electron chi connectivity index (χ3n) is 0.747. The van der Waals surface area contributed by atoms with Crippen LogP contribution in [0, 0.1) is 0 Å². The van der Waals surface area contributed by atoms with Crippen LogP contribution in [0.3, 0.4) is 0 Å². The molecule has 1 atom stereocenters. The number of ketones is 2. The number of aliphatic hydroxyl groups excluding tert-OH is 1. The molecule has 0 saturated carbocycles. The van der Waals surface area contributed by atoms with Gasteiger partial charge in [-0.1, -0.05) is 0 Å². The number of carbonyl (C=O) groups excluding carboxylic acids is 4. The van der Waals surface area contributed by atoms with Gasteiger partial charge in [-0.05, 0) is 0 Å². The average molecular weight is 144 g/mol. The highest BCUT2D eigenvalue weighted by Crippen LogP contribution is 1.80. The molecule has 10 heavy (non-hydrogen) atoms. The van der Waals surface area contributed by atoms with E-state index in [1.165, 1.54) is 0 Å². The first kappa shape index (κ1) is 8.64. The molecule has 0 saturated heterocycles. The summed E-state index contributed by atoms with van der Waals surface area (Å²) in [6.07, 6.45) is -2.38. The van der Waals surface area contributed by atoms with Crippen molar-refractivity contribution in [2.75, 3.05) is 0 Å². The number of hydrogen-bond acceptors (Lipinski definition) is 5. The molecular weight excluding hydrogens is 140 g/mol. The van der Waals surface area contributed by atoms with Gasteiger partial charge in [0.05, 0.1) is 0 Å². The summed E-state index contributed by atoms with van der Waals surface area (Å²) in [6.45, 7) is 0. The van der Waals surface area contributed by atoms with E-state index in [9.17, 15) is 19.2 Å². The van der Waals surface area contributed by atoms with Gasteiger partial charge >= 0.3 is 0 Å². The average Bonchev–Trinajstić information content (AvgIpc) is 2.00. The molecule has 0 aliphatic heterocycles. The van der Waals surface area contributed by atoms with Crippen LogP contribution >= 0.6 is 0 Å². The highest BCUT2D eigenvalue weighted by Gasteiger charge is 2.20. The molecule has 0 aliphatic rings. The standard InChI is InChI=1S/C5H4O5/c6-1-3(8)5(10)4(9)2-7/h1-3,8H. The van der Waals surface area contributed by atoms with E-state index < -0.39 is 17.7 Å². The van der Waals surface area contributed by atoms with Gasteiger partial charge in [0.25, 0.3) is 5.78 Å². The van der Waals surface area contributed by atoms with E-state index in [1.54, 1.807) is 0 Å². The largest absolute Gasteiger partial charge is 0.377 e. The smallest absolute Gasteiger partial charge is 0.264 e. The summed E-state index contributed by atoms with van der Waals surface area (Å²) in [7, 11) is 0.